The van der Waals surface area contributed by atoms with Crippen molar-refractivity contribution in [1.82, 2.24) is 5.32 Å². The molecule has 116 valence electrons. The van der Waals surface area contributed by atoms with E-state index in [9.17, 15) is 14.0 Å². The Labute approximate surface area is 123 Å². The molecule has 0 saturated heterocycles. The first kappa shape index (κ1) is 17.1. The summed E-state index contributed by atoms with van der Waals surface area (Å²) in [7, 11) is 1.24. The number of benzene rings is 1. The van der Waals surface area contributed by atoms with Gasteiger partial charge >= 0.3 is 5.97 Å². The summed E-state index contributed by atoms with van der Waals surface area (Å²) in [5.41, 5.74) is 0.0664. The van der Waals surface area contributed by atoms with E-state index in [1.54, 1.807) is 0 Å². The molecule has 21 heavy (non-hydrogen) atoms. The number of halogens is 1. The van der Waals surface area contributed by atoms with Crippen LogP contribution in [-0.2, 0) is 9.53 Å². The predicted octanol–water partition coefficient (Wildman–Crippen LogP) is 2.33. The van der Waals surface area contributed by atoms with Gasteiger partial charge in [-0.15, -0.1) is 0 Å². The fourth-order valence-corrected chi connectivity index (χ4v) is 1.63. The van der Waals surface area contributed by atoms with E-state index >= 15 is 0 Å². The maximum atomic E-state index is 13.6. The third-order valence-corrected chi connectivity index (χ3v) is 2.67. The van der Waals surface area contributed by atoms with Gasteiger partial charge in [0.2, 0.25) is 5.91 Å². The lowest BCUT2D eigenvalue weighted by molar-refractivity contribution is -0.116. The SMILES string of the molecule is COC(=O)c1ccc(F)c(NC(=O)CCNC(C)(C)C)c1. The lowest BCUT2D eigenvalue weighted by Gasteiger charge is -2.20. The largest absolute Gasteiger partial charge is 0.465 e. The molecule has 0 bridgehead atoms. The predicted molar refractivity (Wildman–Crippen MR) is 78.7 cm³/mol. The van der Waals surface area contributed by atoms with Crippen molar-refractivity contribution in [2.75, 3.05) is 19.0 Å². The molecule has 0 fully saturated rings. The van der Waals surface area contributed by atoms with Gasteiger partial charge in [0.25, 0.3) is 0 Å². The van der Waals surface area contributed by atoms with Crippen molar-refractivity contribution >= 4 is 17.6 Å². The van der Waals surface area contributed by atoms with Crippen molar-refractivity contribution in [2.24, 2.45) is 0 Å². The van der Waals surface area contributed by atoms with Gasteiger partial charge in [-0.1, -0.05) is 0 Å². The Balaban J connectivity index is 2.65. The van der Waals surface area contributed by atoms with Gasteiger partial charge in [0.1, 0.15) is 5.82 Å². The van der Waals surface area contributed by atoms with E-state index in [1.807, 2.05) is 20.8 Å². The normalized spacial score (nSPS) is 11.1. The molecule has 1 aromatic carbocycles. The maximum absolute atomic E-state index is 13.6. The number of amides is 1. The molecule has 0 aliphatic heterocycles. The van der Waals surface area contributed by atoms with Crippen molar-refractivity contribution in [2.45, 2.75) is 32.7 Å². The van der Waals surface area contributed by atoms with Crippen molar-refractivity contribution in [3.8, 4) is 0 Å². The summed E-state index contributed by atoms with van der Waals surface area (Å²) >= 11 is 0. The summed E-state index contributed by atoms with van der Waals surface area (Å²) in [6.07, 6.45) is 0.208. The third kappa shape index (κ3) is 5.91. The smallest absolute Gasteiger partial charge is 0.337 e. The van der Waals surface area contributed by atoms with Crippen molar-refractivity contribution in [3.63, 3.8) is 0 Å². The Morgan fingerprint density at radius 3 is 2.52 bits per heavy atom. The first-order valence-electron chi connectivity index (χ1n) is 6.65. The average Bonchev–Trinajstić information content (AvgIpc) is 2.39. The summed E-state index contributed by atoms with van der Waals surface area (Å²) in [6.45, 7) is 6.45. The molecule has 0 aromatic heterocycles. The Bertz CT molecular complexity index is 524. The van der Waals surface area contributed by atoms with E-state index in [2.05, 4.69) is 15.4 Å². The van der Waals surface area contributed by atoms with Crippen LogP contribution in [-0.4, -0.2) is 31.1 Å². The van der Waals surface area contributed by atoms with Crippen LogP contribution in [0.5, 0.6) is 0 Å². The molecule has 1 rings (SSSR count). The first-order chi connectivity index (χ1) is 9.73. The fourth-order valence-electron chi connectivity index (χ4n) is 1.63. The number of esters is 1. The van der Waals surface area contributed by atoms with Gasteiger partial charge in [0.05, 0.1) is 18.4 Å². The molecule has 0 heterocycles. The fraction of sp³-hybridized carbons (Fsp3) is 0.467. The van der Waals surface area contributed by atoms with E-state index in [4.69, 9.17) is 0 Å². The Hall–Kier alpha value is -1.95. The molecular formula is C15H21FN2O3. The van der Waals surface area contributed by atoms with E-state index in [-0.39, 0.29) is 29.1 Å². The van der Waals surface area contributed by atoms with Crippen molar-refractivity contribution in [1.29, 1.82) is 0 Å². The number of carbonyl (C=O) groups excluding carboxylic acids is 2. The Morgan fingerprint density at radius 2 is 1.95 bits per heavy atom. The highest BCUT2D eigenvalue weighted by Gasteiger charge is 2.13. The van der Waals surface area contributed by atoms with Crippen LogP contribution in [0.3, 0.4) is 0 Å². The van der Waals surface area contributed by atoms with Crippen LogP contribution in [0.2, 0.25) is 0 Å². The lowest BCUT2D eigenvalue weighted by Crippen LogP contribution is -2.37. The van der Waals surface area contributed by atoms with Crippen LogP contribution in [0, 0.1) is 5.82 Å². The number of methoxy groups -OCH3 is 1. The van der Waals surface area contributed by atoms with E-state index < -0.39 is 11.8 Å². The third-order valence-electron chi connectivity index (χ3n) is 2.67. The second-order valence-corrected chi connectivity index (χ2v) is 5.66. The first-order valence-corrected chi connectivity index (χ1v) is 6.65. The lowest BCUT2D eigenvalue weighted by atomic mass is 10.1. The molecule has 0 radical (unpaired) electrons. The van der Waals surface area contributed by atoms with Gasteiger partial charge in [-0.3, -0.25) is 4.79 Å². The highest BCUT2D eigenvalue weighted by molar-refractivity contribution is 5.94. The van der Waals surface area contributed by atoms with E-state index in [0.29, 0.717) is 6.54 Å². The zero-order chi connectivity index (χ0) is 16.0. The summed E-state index contributed by atoms with van der Waals surface area (Å²) in [5, 5.41) is 5.62. The van der Waals surface area contributed by atoms with E-state index in [0.717, 1.165) is 6.07 Å². The Kier molecular flexibility index (Phi) is 5.84. The molecule has 6 heteroatoms. The number of hydrogen-bond donors (Lipinski definition) is 2. The number of rotatable bonds is 5. The number of hydrogen-bond acceptors (Lipinski definition) is 4. The van der Waals surface area contributed by atoms with Crippen LogP contribution in [0.1, 0.15) is 37.6 Å². The number of anilines is 1. The highest BCUT2D eigenvalue weighted by atomic mass is 19.1. The number of carbonyl (C=O) groups is 2. The van der Waals surface area contributed by atoms with Gasteiger partial charge in [-0.25, -0.2) is 9.18 Å². The van der Waals surface area contributed by atoms with Crippen LogP contribution in [0.25, 0.3) is 0 Å². The topological polar surface area (TPSA) is 67.4 Å². The molecule has 1 aromatic rings. The minimum Gasteiger partial charge on any atom is -0.465 e. The molecule has 0 saturated carbocycles. The van der Waals surface area contributed by atoms with Gasteiger partial charge < -0.3 is 15.4 Å². The van der Waals surface area contributed by atoms with Gasteiger partial charge in [0.15, 0.2) is 0 Å². The standard InChI is InChI=1S/C15H21FN2O3/c1-15(2,3)17-8-7-13(19)18-12-9-10(14(20)21-4)5-6-11(12)16/h5-6,9,17H,7-8H2,1-4H3,(H,18,19). The molecule has 2 N–H and O–H groups in total. The van der Waals surface area contributed by atoms with Crippen LogP contribution >= 0.6 is 0 Å². The van der Waals surface area contributed by atoms with Crippen LogP contribution in [0.15, 0.2) is 18.2 Å². The van der Waals surface area contributed by atoms with Crippen LogP contribution in [0.4, 0.5) is 10.1 Å². The second-order valence-electron chi connectivity index (χ2n) is 5.66. The molecule has 0 aliphatic rings. The quantitative estimate of drug-likeness (QED) is 0.818. The van der Waals surface area contributed by atoms with Crippen molar-refractivity contribution < 1.29 is 18.7 Å². The minimum atomic E-state index is -0.597. The van der Waals surface area contributed by atoms with Gasteiger partial charge in [0, 0.05) is 18.5 Å². The molecule has 0 unspecified atom stereocenters. The van der Waals surface area contributed by atoms with Gasteiger partial charge in [-0.2, -0.15) is 0 Å². The Morgan fingerprint density at radius 1 is 1.29 bits per heavy atom. The molecular weight excluding hydrogens is 275 g/mol. The van der Waals surface area contributed by atoms with Crippen LogP contribution < -0.4 is 10.6 Å². The number of nitrogens with one attached hydrogen (secondary N) is 2. The summed E-state index contributed by atoms with van der Waals surface area (Å²) in [4.78, 5) is 23.1. The molecule has 0 aliphatic carbocycles. The zero-order valence-electron chi connectivity index (χ0n) is 12.7. The summed E-state index contributed by atoms with van der Waals surface area (Å²) in [6, 6.07) is 3.68. The molecule has 0 spiro atoms. The summed E-state index contributed by atoms with van der Waals surface area (Å²) < 4.78 is 18.2. The average molecular weight is 296 g/mol. The highest BCUT2D eigenvalue weighted by Crippen LogP contribution is 2.17. The second kappa shape index (κ2) is 7.17. The molecule has 5 nitrogen and oxygen atoms in total. The molecule has 0 atom stereocenters. The number of ether oxygens (including phenoxy) is 1. The van der Waals surface area contributed by atoms with Gasteiger partial charge in [-0.05, 0) is 39.0 Å². The monoisotopic (exact) mass is 296 g/mol. The maximum Gasteiger partial charge on any atom is 0.337 e. The van der Waals surface area contributed by atoms with E-state index in [1.165, 1.54) is 19.2 Å². The minimum absolute atomic E-state index is 0.0290. The van der Waals surface area contributed by atoms with Crippen molar-refractivity contribution in [3.05, 3.63) is 29.6 Å². The zero-order valence-corrected chi connectivity index (χ0v) is 12.7. The summed E-state index contributed by atoms with van der Waals surface area (Å²) in [5.74, 6) is -1.51. The molecule has 1 amide bonds.